The molecule has 1 atom stereocenters. The summed E-state index contributed by atoms with van der Waals surface area (Å²) in [5.74, 6) is -2.95. The molecule has 18 heteroatoms. The van der Waals surface area contributed by atoms with Gasteiger partial charge in [-0.05, 0) is 76.5 Å². The molecule has 5 amide bonds. The average molecular weight is 791 g/mol. The van der Waals surface area contributed by atoms with Gasteiger partial charge in [0.2, 0.25) is 11.8 Å². The molecular weight excluding hydrogens is 749 g/mol. The number of aliphatic hydroxyl groups is 1. The van der Waals surface area contributed by atoms with Crippen molar-refractivity contribution < 1.29 is 47.0 Å². The number of imidazole rings is 1. The number of pyridine rings is 2. The summed E-state index contributed by atoms with van der Waals surface area (Å²) in [6.45, 7) is 6.56. The number of nitrogens with one attached hydrogen (secondary N) is 3. The zero-order valence-corrected chi connectivity index (χ0v) is 31.2. The summed E-state index contributed by atoms with van der Waals surface area (Å²) in [4.78, 5) is 74.9. The third-order valence-electron chi connectivity index (χ3n) is 10.4. The van der Waals surface area contributed by atoms with Gasteiger partial charge in [-0.25, -0.2) is 9.97 Å². The van der Waals surface area contributed by atoms with Crippen molar-refractivity contribution in [2.24, 2.45) is 0 Å². The van der Waals surface area contributed by atoms with E-state index in [9.17, 15) is 42.3 Å². The quantitative estimate of drug-likeness (QED) is 0.120. The molecule has 0 aliphatic carbocycles. The number of piperidine rings is 2. The lowest BCUT2D eigenvalue weighted by Gasteiger charge is -2.31. The molecule has 0 bridgehead atoms. The number of rotatable bonds is 12. The van der Waals surface area contributed by atoms with E-state index in [0.717, 1.165) is 48.7 Å². The Kier molecular flexibility index (Phi) is 10.9. The minimum Gasteiger partial charge on any atom is -0.386 e. The van der Waals surface area contributed by atoms with Crippen LogP contribution in [0.3, 0.4) is 0 Å². The van der Waals surface area contributed by atoms with Gasteiger partial charge < -0.3 is 29.8 Å². The van der Waals surface area contributed by atoms with E-state index >= 15 is 0 Å². The van der Waals surface area contributed by atoms with Gasteiger partial charge in [-0.3, -0.25) is 34.2 Å². The Labute approximate surface area is 324 Å². The van der Waals surface area contributed by atoms with E-state index in [2.05, 4.69) is 25.8 Å². The number of likely N-dealkylation sites (tertiary alicyclic amines) is 1. The first-order valence-corrected chi connectivity index (χ1v) is 18.6. The van der Waals surface area contributed by atoms with Crippen molar-refractivity contribution in [2.45, 2.75) is 63.3 Å². The predicted octanol–water partition coefficient (Wildman–Crippen LogP) is 3.94. The van der Waals surface area contributed by atoms with Gasteiger partial charge in [0.05, 0.1) is 41.3 Å². The Bertz CT molecular complexity index is 2240. The number of nitrogens with zero attached hydrogens (tertiary/aromatic N) is 5. The highest BCUT2D eigenvalue weighted by atomic mass is 19.4. The average Bonchev–Trinajstić information content (AvgIpc) is 3.70. The van der Waals surface area contributed by atoms with Gasteiger partial charge in [0.1, 0.15) is 23.1 Å². The Morgan fingerprint density at radius 1 is 0.965 bits per heavy atom. The lowest BCUT2D eigenvalue weighted by molar-refractivity contribution is -0.141. The molecule has 3 aliphatic rings. The van der Waals surface area contributed by atoms with Crippen molar-refractivity contribution in [3.8, 4) is 0 Å². The van der Waals surface area contributed by atoms with E-state index in [-0.39, 0.29) is 35.6 Å². The topological polar surface area (TPSA) is 188 Å². The molecule has 1 unspecified atom stereocenters. The molecule has 0 spiro atoms. The Balaban J connectivity index is 0.895. The summed E-state index contributed by atoms with van der Waals surface area (Å²) in [6, 6.07) is 8.59. The van der Waals surface area contributed by atoms with Crippen molar-refractivity contribution in [2.75, 3.05) is 50.0 Å². The third-order valence-corrected chi connectivity index (χ3v) is 10.4. The smallest absolute Gasteiger partial charge is 0.386 e. The normalized spacial score (nSPS) is 18.3. The van der Waals surface area contributed by atoms with E-state index in [0.29, 0.717) is 43.2 Å². The van der Waals surface area contributed by atoms with Gasteiger partial charge in [-0.1, -0.05) is 12.1 Å². The van der Waals surface area contributed by atoms with Gasteiger partial charge in [-0.15, -0.1) is 0 Å². The van der Waals surface area contributed by atoms with Crippen molar-refractivity contribution in [3.05, 3.63) is 88.6 Å². The highest BCUT2D eigenvalue weighted by Crippen LogP contribution is 2.34. The van der Waals surface area contributed by atoms with Crippen LogP contribution < -0.4 is 16.0 Å². The second kappa shape index (κ2) is 15.7. The Morgan fingerprint density at radius 3 is 2.44 bits per heavy atom. The fourth-order valence-electron chi connectivity index (χ4n) is 7.43. The first-order chi connectivity index (χ1) is 27.1. The number of benzene rings is 1. The zero-order chi connectivity index (χ0) is 40.6. The minimum atomic E-state index is -4.71. The van der Waals surface area contributed by atoms with Gasteiger partial charge >= 0.3 is 6.18 Å². The number of imide groups is 2. The number of amides is 5. The highest BCUT2D eigenvalue weighted by molar-refractivity contribution is 6.25. The van der Waals surface area contributed by atoms with E-state index in [4.69, 9.17) is 9.72 Å². The van der Waals surface area contributed by atoms with Gasteiger partial charge in [0, 0.05) is 49.1 Å². The Morgan fingerprint density at radius 2 is 1.72 bits per heavy atom. The monoisotopic (exact) mass is 790 g/mol. The molecule has 4 N–H and O–H groups in total. The SMILES string of the molecule is CC(C)(O)c1cc2nc(C3CCN(CCOCCNc4cccc5c4C(=O)N(C4CCC(=O)NC4=O)C5=O)CC3)cn2cc1NC(=O)c1cccc(C(F)(F)F)n1. The standard InChI is InChI=1S/C39H41F3N8O7/c1-38(2,56)24-19-31-45-27(20-49(31)21-28(24)46-34(52)26-7-4-8-30(44-26)39(40,41)42)22-11-14-48(15-12-22)16-18-57-17-13-43-25-6-3-5-23-33(25)37(55)50(36(23)54)29-9-10-32(51)47-35(29)53/h3-8,19-22,29,43,56H,9-18H2,1-2H3,(H,46,52)(H,47,51,53). The summed E-state index contributed by atoms with van der Waals surface area (Å²) in [7, 11) is 0. The van der Waals surface area contributed by atoms with Crippen LogP contribution in [0.15, 0.2) is 54.9 Å². The van der Waals surface area contributed by atoms with Crippen molar-refractivity contribution in [1.29, 1.82) is 0 Å². The molecule has 300 valence electrons. The summed E-state index contributed by atoms with van der Waals surface area (Å²) < 4.78 is 47.2. The zero-order valence-electron chi connectivity index (χ0n) is 31.2. The number of aromatic nitrogens is 3. The van der Waals surface area contributed by atoms with Crippen molar-refractivity contribution >= 4 is 46.6 Å². The molecule has 6 heterocycles. The fourth-order valence-corrected chi connectivity index (χ4v) is 7.43. The molecule has 1 aromatic carbocycles. The van der Waals surface area contributed by atoms with Crippen LogP contribution in [-0.4, -0.2) is 104 Å². The molecule has 0 saturated carbocycles. The fraction of sp³-hybridized carbons (Fsp3) is 0.410. The molecular formula is C39H41F3N8O7. The summed E-state index contributed by atoms with van der Waals surface area (Å²) in [5, 5.41) is 18.9. The maximum atomic E-state index is 13.3. The molecule has 3 aliphatic heterocycles. The molecule has 4 aromatic rings. The predicted molar refractivity (Wildman–Crippen MR) is 198 cm³/mol. The highest BCUT2D eigenvalue weighted by Gasteiger charge is 2.45. The lowest BCUT2D eigenvalue weighted by atomic mass is 9.94. The number of carbonyl (C=O) groups is 5. The number of fused-ring (bicyclic) bond motifs is 2. The number of carbonyl (C=O) groups excluding carboxylic acids is 5. The van der Waals surface area contributed by atoms with Crippen LogP contribution in [0.4, 0.5) is 24.5 Å². The van der Waals surface area contributed by atoms with Crippen LogP contribution in [0.5, 0.6) is 0 Å². The van der Waals surface area contributed by atoms with Crippen LogP contribution in [-0.2, 0) is 26.1 Å². The Hall–Kier alpha value is -5.72. The molecule has 0 radical (unpaired) electrons. The van der Waals surface area contributed by atoms with Crippen molar-refractivity contribution in [3.63, 3.8) is 0 Å². The number of halogens is 3. The second-order valence-corrected chi connectivity index (χ2v) is 14.8. The van der Waals surface area contributed by atoms with E-state index in [1.807, 2.05) is 6.20 Å². The summed E-state index contributed by atoms with van der Waals surface area (Å²) >= 11 is 0. The van der Waals surface area contributed by atoms with E-state index in [1.165, 1.54) is 19.9 Å². The van der Waals surface area contributed by atoms with E-state index < -0.39 is 58.7 Å². The van der Waals surface area contributed by atoms with Crippen LogP contribution >= 0.6 is 0 Å². The number of ether oxygens (including phenoxy) is 1. The number of hydrogen-bond donors (Lipinski definition) is 4. The number of anilines is 2. The first-order valence-electron chi connectivity index (χ1n) is 18.6. The third kappa shape index (κ3) is 8.38. The maximum Gasteiger partial charge on any atom is 0.433 e. The summed E-state index contributed by atoms with van der Waals surface area (Å²) in [6.07, 6.45) is 0.516. The molecule has 2 fully saturated rings. The lowest BCUT2D eigenvalue weighted by Crippen LogP contribution is -2.54. The number of hydrogen-bond acceptors (Lipinski definition) is 11. The van der Waals surface area contributed by atoms with Crippen LogP contribution in [0.2, 0.25) is 0 Å². The largest absolute Gasteiger partial charge is 0.433 e. The molecule has 7 rings (SSSR count). The summed E-state index contributed by atoms with van der Waals surface area (Å²) in [5.41, 5.74) is -0.229. The molecule has 15 nitrogen and oxygen atoms in total. The molecule has 57 heavy (non-hydrogen) atoms. The molecule has 2 saturated heterocycles. The van der Waals surface area contributed by atoms with E-state index in [1.54, 1.807) is 34.9 Å². The van der Waals surface area contributed by atoms with Crippen LogP contribution in [0.1, 0.15) is 93.6 Å². The number of alkyl halides is 3. The van der Waals surface area contributed by atoms with Crippen LogP contribution in [0, 0.1) is 0 Å². The molecule has 3 aromatic heterocycles. The van der Waals surface area contributed by atoms with Gasteiger partial charge in [0.25, 0.3) is 17.7 Å². The maximum absolute atomic E-state index is 13.3. The van der Waals surface area contributed by atoms with Gasteiger partial charge in [0.15, 0.2) is 0 Å². The van der Waals surface area contributed by atoms with Crippen LogP contribution in [0.25, 0.3) is 5.65 Å². The second-order valence-electron chi connectivity index (χ2n) is 14.8. The van der Waals surface area contributed by atoms with Gasteiger partial charge in [-0.2, -0.15) is 13.2 Å². The first kappa shape index (κ1) is 39.5. The van der Waals surface area contributed by atoms with Crippen molar-refractivity contribution in [1.82, 2.24) is 29.5 Å². The minimum absolute atomic E-state index is 0.0431.